The molecule has 19 heavy (non-hydrogen) atoms. The van der Waals surface area contributed by atoms with Crippen molar-refractivity contribution in [2.24, 2.45) is 0 Å². The van der Waals surface area contributed by atoms with Gasteiger partial charge in [-0.05, 0) is 25.1 Å². The van der Waals surface area contributed by atoms with Crippen LogP contribution in [0.5, 0.6) is 5.75 Å². The summed E-state index contributed by atoms with van der Waals surface area (Å²) in [6, 6.07) is 3.44. The summed E-state index contributed by atoms with van der Waals surface area (Å²) in [5.41, 5.74) is 1.95. The van der Waals surface area contributed by atoms with Crippen molar-refractivity contribution in [2.75, 3.05) is 19.7 Å². The van der Waals surface area contributed by atoms with E-state index in [1.807, 2.05) is 0 Å². The molecule has 0 aliphatic carbocycles. The van der Waals surface area contributed by atoms with Gasteiger partial charge in [-0.2, -0.15) is 0 Å². The number of nitrogens with one attached hydrogen (secondary N) is 1. The Morgan fingerprint density at radius 2 is 2.32 bits per heavy atom. The van der Waals surface area contributed by atoms with Crippen LogP contribution in [0.15, 0.2) is 17.6 Å². The molecule has 0 amide bonds. The number of aromatic nitrogens is 1. The van der Waals surface area contributed by atoms with Crippen LogP contribution < -0.4 is 10.1 Å². The minimum atomic E-state index is -0.434. The molecule has 2 aromatic rings. The molecule has 2 rings (SSSR count). The van der Waals surface area contributed by atoms with Gasteiger partial charge in [0.1, 0.15) is 6.61 Å². The molecule has 7 heteroatoms. The number of fused-ring (bicyclic) bond motifs is 1. The number of nitro groups is 1. The fraction of sp³-hybridized carbons (Fsp3) is 0.417. The Kier molecular flexibility index (Phi) is 4.64. The first-order chi connectivity index (χ1) is 9.24. The predicted octanol–water partition coefficient (Wildman–Crippen LogP) is 2.58. The van der Waals surface area contributed by atoms with Crippen LogP contribution in [0.2, 0.25) is 0 Å². The summed E-state index contributed by atoms with van der Waals surface area (Å²) >= 11 is 1.38. The first kappa shape index (κ1) is 13.7. The maximum Gasteiger partial charge on any atom is 0.337 e. The third-order valence-corrected chi connectivity index (χ3v) is 3.38. The minimum Gasteiger partial charge on any atom is -0.485 e. The molecular weight excluding hydrogens is 266 g/mol. The van der Waals surface area contributed by atoms with Crippen LogP contribution in [0.4, 0.5) is 5.69 Å². The summed E-state index contributed by atoms with van der Waals surface area (Å²) in [5.74, 6) is 0.279. The van der Waals surface area contributed by atoms with Crippen molar-refractivity contribution in [3.05, 3.63) is 27.8 Å². The van der Waals surface area contributed by atoms with Gasteiger partial charge in [0.2, 0.25) is 0 Å². The Morgan fingerprint density at radius 3 is 3.05 bits per heavy atom. The molecule has 0 bridgehead atoms. The summed E-state index contributed by atoms with van der Waals surface area (Å²) in [4.78, 5) is 14.7. The molecule has 0 saturated heterocycles. The summed E-state index contributed by atoms with van der Waals surface area (Å²) in [6.45, 7) is 4.06. The third kappa shape index (κ3) is 3.18. The normalized spacial score (nSPS) is 10.8. The van der Waals surface area contributed by atoms with Crippen molar-refractivity contribution in [3.8, 4) is 5.75 Å². The predicted molar refractivity (Wildman–Crippen MR) is 74.9 cm³/mol. The summed E-state index contributed by atoms with van der Waals surface area (Å²) in [7, 11) is 0. The van der Waals surface area contributed by atoms with Gasteiger partial charge in [0.15, 0.2) is 11.3 Å². The van der Waals surface area contributed by atoms with Gasteiger partial charge in [-0.1, -0.05) is 6.92 Å². The molecule has 0 atom stereocenters. The number of nitrogens with zero attached hydrogens (tertiary/aromatic N) is 2. The molecule has 0 radical (unpaired) electrons. The van der Waals surface area contributed by atoms with E-state index in [2.05, 4.69) is 17.2 Å². The van der Waals surface area contributed by atoms with Crippen molar-refractivity contribution in [2.45, 2.75) is 13.3 Å². The average molecular weight is 281 g/mol. The first-order valence-electron chi connectivity index (χ1n) is 6.08. The van der Waals surface area contributed by atoms with E-state index in [0.29, 0.717) is 18.7 Å². The minimum absolute atomic E-state index is 0.0470. The monoisotopic (exact) mass is 281 g/mol. The van der Waals surface area contributed by atoms with Crippen LogP contribution >= 0.6 is 11.3 Å². The molecule has 1 heterocycles. The topological polar surface area (TPSA) is 77.3 Å². The number of thiazole rings is 1. The second kappa shape index (κ2) is 6.44. The highest BCUT2D eigenvalue weighted by Crippen LogP contribution is 2.35. The second-order valence-corrected chi connectivity index (χ2v) is 4.85. The molecule has 0 aliphatic rings. The van der Waals surface area contributed by atoms with Crippen molar-refractivity contribution in [1.82, 2.24) is 10.3 Å². The fourth-order valence-corrected chi connectivity index (χ4v) is 2.41. The zero-order chi connectivity index (χ0) is 13.7. The second-order valence-electron chi connectivity index (χ2n) is 3.97. The van der Waals surface area contributed by atoms with E-state index in [1.54, 1.807) is 17.6 Å². The summed E-state index contributed by atoms with van der Waals surface area (Å²) in [6.07, 6.45) is 1.05. The fourth-order valence-electron chi connectivity index (χ4n) is 1.73. The Bertz CT molecular complexity index is 570. The number of hydrogen-bond acceptors (Lipinski definition) is 6. The Labute approximate surface area is 114 Å². The molecule has 0 saturated carbocycles. The largest absolute Gasteiger partial charge is 0.485 e. The molecule has 102 valence electrons. The van der Waals surface area contributed by atoms with Gasteiger partial charge in [-0.3, -0.25) is 10.1 Å². The van der Waals surface area contributed by atoms with Crippen LogP contribution in [-0.4, -0.2) is 29.6 Å². The SMILES string of the molecule is CCCNCCOc1ccc2scnc2c1[N+](=O)[O-]. The quantitative estimate of drug-likeness (QED) is 0.479. The molecule has 1 aromatic heterocycles. The van der Waals surface area contributed by atoms with Crippen molar-refractivity contribution < 1.29 is 9.66 Å². The van der Waals surface area contributed by atoms with E-state index in [4.69, 9.17) is 4.74 Å². The highest BCUT2D eigenvalue weighted by Gasteiger charge is 2.21. The lowest BCUT2D eigenvalue weighted by atomic mass is 10.2. The summed E-state index contributed by atoms with van der Waals surface area (Å²) in [5, 5.41) is 14.3. The van der Waals surface area contributed by atoms with Crippen molar-refractivity contribution >= 4 is 27.2 Å². The molecule has 0 aliphatic heterocycles. The maximum atomic E-state index is 11.1. The van der Waals surface area contributed by atoms with Crippen LogP contribution in [0.1, 0.15) is 13.3 Å². The van der Waals surface area contributed by atoms with Gasteiger partial charge in [0.25, 0.3) is 0 Å². The number of hydrogen-bond donors (Lipinski definition) is 1. The standard InChI is InChI=1S/C12H15N3O3S/c1-2-5-13-6-7-18-9-3-4-10-11(14-8-19-10)12(9)15(16)17/h3-4,8,13H,2,5-7H2,1H3. The van der Waals surface area contributed by atoms with Crippen LogP contribution in [0.25, 0.3) is 10.2 Å². The van der Waals surface area contributed by atoms with Crippen LogP contribution in [0.3, 0.4) is 0 Å². The Balaban J connectivity index is 2.13. The molecule has 1 aromatic carbocycles. The summed E-state index contributed by atoms with van der Waals surface area (Å²) < 4.78 is 6.28. The van der Waals surface area contributed by atoms with Gasteiger partial charge in [-0.25, -0.2) is 4.98 Å². The number of nitro benzene ring substituents is 1. The lowest BCUT2D eigenvalue weighted by Crippen LogP contribution is -2.21. The zero-order valence-corrected chi connectivity index (χ0v) is 11.4. The zero-order valence-electron chi connectivity index (χ0n) is 10.6. The van der Waals surface area contributed by atoms with Crippen LogP contribution in [0, 0.1) is 10.1 Å². The molecule has 1 N–H and O–H groups in total. The van der Waals surface area contributed by atoms with Gasteiger partial charge in [0.05, 0.1) is 15.1 Å². The van der Waals surface area contributed by atoms with E-state index >= 15 is 0 Å². The lowest BCUT2D eigenvalue weighted by Gasteiger charge is -2.07. The van der Waals surface area contributed by atoms with Crippen molar-refractivity contribution in [1.29, 1.82) is 0 Å². The maximum absolute atomic E-state index is 11.1. The Hall–Kier alpha value is -1.73. The smallest absolute Gasteiger partial charge is 0.337 e. The molecule has 0 fully saturated rings. The number of benzene rings is 1. The lowest BCUT2D eigenvalue weighted by molar-refractivity contribution is -0.384. The van der Waals surface area contributed by atoms with E-state index < -0.39 is 4.92 Å². The van der Waals surface area contributed by atoms with Gasteiger partial charge >= 0.3 is 5.69 Å². The average Bonchev–Trinajstić information content (AvgIpc) is 2.85. The molecule has 0 unspecified atom stereocenters. The van der Waals surface area contributed by atoms with Gasteiger partial charge < -0.3 is 10.1 Å². The highest BCUT2D eigenvalue weighted by atomic mass is 32.1. The van der Waals surface area contributed by atoms with E-state index in [9.17, 15) is 10.1 Å². The number of rotatable bonds is 7. The molecular formula is C12H15N3O3S. The highest BCUT2D eigenvalue weighted by molar-refractivity contribution is 7.16. The van der Waals surface area contributed by atoms with Crippen LogP contribution in [-0.2, 0) is 0 Å². The van der Waals surface area contributed by atoms with Gasteiger partial charge in [0, 0.05) is 6.54 Å². The van der Waals surface area contributed by atoms with Crippen molar-refractivity contribution in [3.63, 3.8) is 0 Å². The molecule has 0 spiro atoms. The Morgan fingerprint density at radius 1 is 1.47 bits per heavy atom. The van der Waals surface area contributed by atoms with E-state index in [-0.39, 0.29) is 11.4 Å². The van der Waals surface area contributed by atoms with E-state index in [0.717, 1.165) is 17.7 Å². The van der Waals surface area contributed by atoms with Gasteiger partial charge in [-0.15, -0.1) is 11.3 Å². The third-order valence-electron chi connectivity index (χ3n) is 2.58. The number of ether oxygens (including phenoxy) is 1. The molecule has 6 nitrogen and oxygen atoms in total. The first-order valence-corrected chi connectivity index (χ1v) is 6.96. The van der Waals surface area contributed by atoms with E-state index in [1.165, 1.54) is 11.3 Å².